The first kappa shape index (κ1) is 14.1. The van der Waals surface area contributed by atoms with E-state index in [0.29, 0.717) is 6.54 Å². The Bertz CT molecular complexity index is 536. The maximum absolute atomic E-state index is 10.8. The number of hydrogen-bond acceptors (Lipinski definition) is 5. The molecule has 2 aromatic rings. The van der Waals surface area contributed by atoms with E-state index in [-0.39, 0.29) is 5.91 Å². The Balaban J connectivity index is 2.03. The summed E-state index contributed by atoms with van der Waals surface area (Å²) >= 11 is 3.27. The third kappa shape index (κ3) is 3.57. The molecule has 7 heteroatoms. The molecule has 0 aliphatic rings. The summed E-state index contributed by atoms with van der Waals surface area (Å²) in [6, 6.07) is 4.06. The Hall–Kier alpha value is -1.34. The minimum absolute atomic E-state index is 0.00293. The number of nitrogens with one attached hydrogen (secondary N) is 1. The first-order valence-electron chi connectivity index (χ1n) is 6.06. The molecule has 2 aromatic heterocycles. The third-order valence-electron chi connectivity index (χ3n) is 2.48. The molecule has 1 amide bonds. The molecule has 0 fully saturated rings. The van der Waals surface area contributed by atoms with E-state index in [0.717, 1.165) is 28.2 Å². The van der Waals surface area contributed by atoms with Crippen molar-refractivity contribution in [3.05, 3.63) is 17.5 Å². The molecule has 102 valence electrons. The molecule has 0 unspecified atom stereocenters. The zero-order valence-corrected chi connectivity index (χ0v) is 12.6. The molecule has 0 saturated heterocycles. The molecule has 0 radical (unpaired) electrons. The van der Waals surface area contributed by atoms with Gasteiger partial charge in [-0.25, -0.2) is 0 Å². The number of rotatable bonds is 6. The number of thiophene rings is 1. The summed E-state index contributed by atoms with van der Waals surface area (Å²) in [7, 11) is 0. The van der Waals surface area contributed by atoms with Crippen LogP contribution in [0.3, 0.4) is 0 Å². The van der Waals surface area contributed by atoms with Crippen LogP contribution in [0.15, 0.2) is 22.7 Å². The van der Waals surface area contributed by atoms with E-state index in [9.17, 15) is 4.79 Å². The number of amides is 1. The van der Waals surface area contributed by atoms with Crippen LogP contribution in [-0.2, 0) is 11.3 Å². The monoisotopic (exact) mass is 296 g/mol. The predicted molar refractivity (Wildman–Crippen MR) is 78.4 cm³/mol. The molecule has 0 aromatic carbocycles. The summed E-state index contributed by atoms with van der Waals surface area (Å²) in [5.41, 5.74) is 0. The SMILES string of the molecule is CCn1c(SCCNC(C)=O)nnc1-c1cccs1. The number of nitrogens with zero attached hydrogens (tertiary/aromatic N) is 3. The van der Waals surface area contributed by atoms with Crippen LogP contribution in [0.1, 0.15) is 13.8 Å². The van der Waals surface area contributed by atoms with Crippen LogP contribution in [0.2, 0.25) is 0 Å². The van der Waals surface area contributed by atoms with Gasteiger partial charge in [-0.15, -0.1) is 21.5 Å². The Kier molecular flexibility index (Phi) is 4.98. The molecule has 5 nitrogen and oxygen atoms in total. The van der Waals surface area contributed by atoms with Gasteiger partial charge in [-0.3, -0.25) is 4.79 Å². The van der Waals surface area contributed by atoms with Gasteiger partial charge in [0.15, 0.2) is 11.0 Å². The van der Waals surface area contributed by atoms with Gasteiger partial charge < -0.3 is 9.88 Å². The fourth-order valence-corrected chi connectivity index (χ4v) is 3.21. The van der Waals surface area contributed by atoms with Crippen molar-refractivity contribution < 1.29 is 4.79 Å². The second-order valence-electron chi connectivity index (χ2n) is 3.86. The van der Waals surface area contributed by atoms with Crippen molar-refractivity contribution >= 4 is 29.0 Å². The standard InChI is InChI=1S/C12H16N4OS2/c1-3-16-11(10-5-4-7-18-10)14-15-12(16)19-8-6-13-9(2)17/h4-5,7H,3,6,8H2,1-2H3,(H,13,17). The van der Waals surface area contributed by atoms with Gasteiger partial charge in [-0.05, 0) is 18.4 Å². The van der Waals surface area contributed by atoms with E-state index in [1.54, 1.807) is 23.1 Å². The molecule has 0 bridgehead atoms. The zero-order valence-electron chi connectivity index (χ0n) is 10.9. The van der Waals surface area contributed by atoms with Gasteiger partial charge in [0.25, 0.3) is 0 Å². The van der Waals surface area contributed by atoms with Gasteiger partial charge >= 0.3 is 0 Å². The molecule has 19 heavy (non-hydrogen) atoms. The van der Waals surface area contributed by atoms with Gasteiger partial charge in [0.2, 0.25) is 5.91 Å². The highest BCUT2D eigenvalue weighted by Crippen LogP contribution is 2.26. The smallest absolute Gasteiger partial charge is 0.216 e. The zero-order chi connectivity index (χ0) is 13.7. The minimum atomic E-state index is -0.00293. The van der Waals surface area contributed by atoms with E-state index in [4.69, 9.17) is 0 Å². The molecular weight excluding hydrogens is 280 g/mol. The first-order chi connectivity index (χ1) is 9.22. The van der Waals surface area contributed by atoms with E-state index in [1.165, 1.54) is 6.92 Å². The Morgan fingerprint density at radius 3 is 3.00 bits per heavy atom. The maximum atomic E-state index is 10.8. The van der Waals surface area contributed by atoms with Gasteiger partial charge in [0.1, 0.15) is 0 Å². The van der Waals surface area contributed by atoms with Crippen LogP contribution in [0, 0.1) is 0 Å². The molecule has 0 atom stereocenters. The molecule has 2 rings (SSSR count). The van der Waals surface area contributed by atoms with Crippen molar-refractivity contribution in [2.75, 3.05) is 12.3 Å². The van der Waals surface area contributed by atoms with E-state index in [1.807, 2.05) is 17.5 Å². The number of hydrogen-bond donors (Lipinski definition) is 1. The van der Waals surface area contributed by atoms with Crippen LogP contribution in [0.4, 0.5) is 0 Å². The van der Waals surface area contributed by atoms with Gasteiger partial charge in [-0.1, -0.05) is 17.8 Å². The summed E-state index contributed by atoms with van der Waals surface area (Å²) in [5, 5.41) is 14.2. The van der Waals surface area contributed by atoms with E-state index < -0.39 is 0 Å². The summed E-state index contributed by atoms with van der Waals surface area (Å²) in [5.74, 6) is 1.71. The highest BCUT2D eigenvalue weighted by atomic mass is 32.2. The van der Waals surface area contributed by atoms with Crippen molar-refractivity contribution in [1.82, 2.24) is 20.1 Å². The van der Waals surface area contributed by atoms with Crippen LogP contribution in [0.5, 0.6) is 0 Å². The summed E-state index contributed by atoms with van der Waals surface area (Å²) < 4.78 is 2.10. The van der Waals surface area contributed by atoms with Gasteiger partial charge in [0, 0.05) is 25.8 Å². The van der Waals surface area contributed by atoms with Crippen LogP contribution in [0.25, 0.3) is 10.7 Å². The average Bonchev–Trinajstić information content (AvgIpc) is 3.02. The Labute approximate surface area is 120 Å². The van der Waals surface area contributed by atoms with Crippen LogP contribution in [-0.4, -0.2) is 33.0 Å². The highest BCUT2D eigenvalue weighted by Gasteiger charge is 2.13. The molecule has 0 saturated carbocycles. The average molecular weight is 296 g/mol. The number of carbonyl (C=O) groups is 1. The van der Waals surface area contributed by atoms with Crippen molar-refractivity contribution in [3.8, 4) is 10.7 Å². The lowest BCUT2D eigenvalue weighted by Gasteiger charge is -2.06. The quantitative estimate of drug-likeness (QED) is 0.656. The predicted octanol–water partition coefficient (Wildman–Crippen LogP) is 2.25. The molecule has 0 aliphatic heterocycles. The van der Waals surface area contributed by atoms with Gasteiger partial charge in [-0.2, -0.15) is 0 Å². The normalized spacial score (nSPS) is 10.6. The fourth-order valence-electron chi connectivity index (χ4n) is 1.64. The van der Waals surface area contributed by atoms with Gasteiger partial charge in [0.05, 0.1) is 4.88 Å². The number of thioether (sulfide) groups is 1. The maximum Gasteiger partial charge on any atom is 0.216 e. The number of carbonyl (C=O) groups excluding carboxylic acids is 1. The van der Waals surface area contributed by atoms with E-state index in [2.05, 4.69) is 27.0 Å². The summed E-state index contributed by atoms with van der Waals surface area (Å²) in [4.78, 5) is 11.9. The topological polar surface area (TPSA) is 59.8 Å². The third-order valence-corrected chi connectivity index (χ3v) is 4.32. The second kappa shape index (κ2) is 6.72. The molecule has 2 heterocycles. The van der Waals surface area contributed by atoms with Crippen molar-refractivity contribution in [3.63, 3.8) is 0 Å². The van der Waals surface area contributed by atoms with Crippen molar-refractivity contribution in [2.24, 2.45) is 0 Å². The Morgan fingerprint density at radius 1 is 1.53 bits per heavy atom. The second-order valence-corrected chi connectivity index (χ2v) is 5.87. The fraction of sp³-hybridized carbons (Fsp3) is 0.417. The molecule has 1 N–H and O–H groups in total. The highest BCUT2D eigenvalue weighted by molar-refractivity contribution is 7.99. The Morgan fingerprint density at radius 2 is 2.37 bits per heavy atom. The lowest BCUT2D eigenvalue weighted by molar-refractivity contribution is -0.118. The summed E-state index contributed by atoms with van der Waals surface area (Å²) in [6.45, 7) is 5.08. The van der Waals surface area contributed by atoms with E-state index >= 15 is 0 Å². The number of aromatic nitrogens is 3. The minimum Gasteiger partial charge on any atom is -0.356 e. The lowest BCUT2D eigenvalue weighted by Crippen LogP contribution is -2.22. The van der Waals surface area contributed by atoms with Crippen LogP contribution >= 0.6 is 23.1 Å². The molecule has 0 spiro atoms. The first-order valence-corrected chi connectivity index (χ1v) is 7.93. The largest absolute Gasteiger partial charge is 0.356 e. The van der Waals surface area contributed by atoms with Crippen molar-refractivity contribution in [2.45, 2.75) is 25.5 Å². The van der Waals surface area contributed by atoms with Crippen molar-refractivity contribution in [1.29, 1.82) is 0 Å². The molecule has 0 aliphatic carbocycles. The summed E-state index contributed by atoms with van der Waals surface area (Å²) in [6.07, 6.45) is 0. The lowest BCUT2D eigenvalue weighted by atomic mass is 10.4. The molecular formula is C12H16N4OS2. The van der Waals surface area contributed by atoms with Crippen LogP contribution < -0.4 is 5.32 Å².